The quantitative estimate of drug-likeness (QED) is 0.578. The first-order valence-electron chi connectivity index (χ1n) is 5.62. The number of carbonyl (C=O) groups excluding carboxylic acids is 1. The van der Waals surface area contributed by atoms with E-state index in [0.29, 0.717) is 12.5 Å². The van der Waals surface area contributed by atoms with Crippen LogP contribution in [0.25, 0.3) is 0 Å². The fraction of sp³-hybridized carbons (Fsp3) is 0.800. The zero-order chi connectivity index (χ0) is 12.7. The summed E-state index contributed by atoms with van der Waals surface area (Å²) in [6, 6.07) is -0.534. The number of carboxylic acids is 1. The molecule has 1 saturated heterocycles. The smallest absolute Gasteiger partial charge is 0.338 e. The minimum atomic E-state index is -1.14. The molecule has 3 N–H and O–H groups in total. The van der Waals surface area contributed by atoms with E-state index in [2.05, 4.69) is 10.2 Å². The van der Waals surface area contributed by atoms with Crippen molar-refractivity contribution in [2.24, 2.45) is 5.92 Å². The molecule has 0 aromatic rings. The van der Waals surface area contributed by atoms with Gasteiger partial charge in [0, 0.05) is 19.1 Å². The molecule has 2 atom stereocenters. The van der Waals surface area contributed by atoms with E-state index in [1.54, 1.807) is 0 Å². The maximum Gasteiger partial charge on any atom is 0.338 e. The normalized spacial score (nSPS) is 23.4. The zero-order valence-corrected chi connectivity index (χ0v) is 9.77. The summed E-state index contributed by atoms with van der Waals surface area (Å²) in [6.45, 7) is 2.71. The van der Waals surface area contributed by atoms with E-state index in [-0.39, 0.29) is 6.10 Å². The molecular weight excluding hydrogens is 228 g/mol. The molecule has 0 saturated carbocycles. The average molecular weight is 246 g/mol. The summed E-state index contributed by atoms with van der Waals surface area (Å²) < 4.78 is 5.48. The average Bonchev–Trinajstić information content (AvgIpc) is 2.73. The number of nitrogens with one attached hydrogen (secondary N) is 2. The molecule has 1 heterocycles. The Hall–Kier alpha value is -1.34. The Morgan fingerprint density at radius 2 is 2.29 bits per heavy atom. The molecule has 98 valence electrons. The van der Waals surface area contributed by atoms with Gasteiger partial charge in [-0.1, -0.05) is 6.92 Å². The number of urea groups is 1. The standard InChI is InChI=1S/C10H18N2O5/c1-2-8-7(3-4-16-8)5-11-10(15)12-17-6-9(13)14/h7-8H,2-6H2,1H3,(H,13,14)(H2,11,12,15). The predicted molar refractivity (Wildman–Crippen MR) is 58.3 cm³/mol. The van der Waals surface area contributed by atoms with Gasteiger partial charge in [0.25, 0.3) is 0 Å². The lowest BCUT2D eigenvalue weighted by Crippen LogP contribution is -2.40. The van der Waals surface area contributed by atoms with Crippen LogP contribution in [0.5, 0.6) is 0 Å². The van der Waals surface area contributed by atoms with Crippen molar-refractivity contribution < 1.29 is 24.3 Å². The summed E-state index contributed by atoms with van der Waals surface area (Å²) in [5, 5.41) is 10.9. The molecular formula is C10H18N2O5. The lowest BCUT2D eigenvalue weighted by atomic mass is 10.00. The van der Waals surface area contributed by atoms with Crippen LogP contribution in [0, 0.1) is 5.92 Å². The molecule has 1 aliphatic heterocycles. The number of carbonyl (C=O) groups is 2. The van der Waals surface area contributed by atoms with E-state index in [9.17, 15) is 9.59 Å². The molecule has 2 unspecified atom stereocenters. The van der Waals surface area contributed by atoms with Crippen molar-refractivity contribution in [3.05, 3.63) is 0 Å². The summed E-state index contributed by atoms with van der Waals surface area (Å²) >= 11 is 0. The van der Waals surface area contributed by atoms with Crippen molar-refractivity contribution >= 4 is 12.0 Å². The highest BCUT2D eigenvalue weighted by atomic mass is 16.7. The lowest BCUT2D eigenvalue weighted by molar-refractivity contribution is -0.144. The Labute approximate surface area is 99.4 Å². The Morgan fingerprint density at radius 3 is 2.94 bits per heavy atom. The molecule has 0 aromatic carbocycles. The summed E-state index contributed by atoms with van der Waals surface area (Å²) in [6.07, 6.45) is 2.04. The molecule has 0 radical (unpaired) electrons. The maximum absolute atomic E-state index is 11.2. The molecule has 7 nitrogen and oxygen atoms in total. The van der Waals surface area contributed by atoms with Crippen LogP contribution < -0.4 is 10.8 Å². The number of carboxylic acid groups (broad SMARTS) is 1. The van der Waals surface area contributed by atoms with Gasteiger partial charge in [0.05, 0.1) is 6.10 Å². The second-order valence-corrected chi connectivity index (χ2v) is 3.86. The van der Waals surface area contributed by atoms with Crippen LogP contribution in [0.2, 0.25) is 0 Å². The molecule has 1 aliphatic rings. The summed E-state index contributed by atoms with van der Waals surface area (Å²) in [5.74, 6) is -0.828. The number of amides is 2. The van der Waals surface area contributed by atoms with Crippen molar-refractivity contribution in [3.63, 3.8) is 0 Å². The van der Waals surface area contributed by atoms with Crippen LogP contribution in [0.15, 0.2) is 0 Å². The van der Waals surface area contributed by atoms with Gasteiger partial charge in [-0.15, -0.1) is 0 Å². The number of ether oxygens (including phenoxy) is 1. The third-order valence-corrected chi connectivity index (χ3v) is 2.63. The Bertz CT molecular complexity index is 271. The first-order chi connectivity index (χ1) is 8.13. The molecule has 0 bridgehead atoms. The monoisotopic (exact) mass is 246 g/mol. The molecule has 0 aromatic heterocycles. The second-order valence-electron chi connectivity index (χ2n) is 3.86. The van der Waals surface area contributed by atoms with E-state index in [1.807, 2.05) is 12.4 Å². The predicted octanol–water partition coefficient (Wildman–Crippen LogP) is 0.117. The van der Waals surface area contributed by atoms with Gasteiger partial charge in [0.15, 0.2) is 6.61 Å². The molecule has 2 amide bonds. The Morgan fingerprint density at radius 1 is 1.53 bits per heavy atom. The van der Waals surface area contributed by atoms with Crippen LogP contribution in [-0.4, -0.2) is 43.0 Å². The van der Waals surface area contributed by atoms with Crippen molar-refractivity contribution in [1.82, 2.24) is 10.8 Å². The Kier molecular flexibility index (Phi) is 5.71. The van der Waals surface area contributed by atoms with E-state index in [1.165, 1.54) is 0 Å². The maximum atomic E-state index is 11.2. The zero-order valence-electron chi connectivity index (χ0n) is 9.77. The SMILES string of the molecule is CCC1OCCC1CNC(=O)NOCC(=O)O. The van der Waals surface area contributed by atoms with Crippen LogP contribution in [0.1, 0.15) is 19.8 Å². The van der Waals surface area contributed by atoms with E-state index < -0.39 is 18.6 Å². The minimum absolute atomic E-state index is 0.190. The fourth-order valence-corrected chi connectivity index (χ4v) is 1.80. The van der Waals surface area contributed by atoms with Gasteiger partial charge in [-0.3, -0.25) is 4.84 Å². The molecule has 1 fully saturated rings. The molecule has 0 aliphatic carbocycles. The largest absolute Gasteiger partial charge is 0.479 e. The van der Waals surface area contributed by atoms with Crippen molar-refractivity contribution in [1.29, 1.82) is 0 Å². The summed E-state index contributed by atoms with van der Waals surface area (Å²) in [4.78, 5) is 25.7. The van der Waals surface area contributed by atoms with Gasteiger partial charge in [0.1, 0.15) is 0 Å². The minimum Gasteiger partial charge on any atom is -0.479 e. The van der Waals surface area contributed by atoms with Crippen LogP contribution in [0.3, 0.4) is 0 Å². The van der Waals surface area contributed by atoms with Crippen LogP contribution in [-0.2, 0) is 14.4 Å². The third kappa shape index (κ3) is 5.01. The van der Waals surface area contributed by atoms with Gasteiger partial charge in [-0.05, 0) is 12.8 Å². The van der Waals surface area contributed by atoms with E-state index in [0.717, 1.165) is 19.4 Å². The van der Waals surface area contributed by atoms with Gasteiger partial charge in [-0.2, -0.15) is 0 Å². The molecule has 1 rings (SSSR count). The van der Waals surface area contributed by atoms with Crippen LogP contribution in [0.4, 0.5) is 4.79 Å². The third-order valence-electron chi connectivity index (χ3n) is 2.63. The second kappa shape index (κ2) is 7.08. The highest BCUT2D eigenvalue weighted by Gasteiger charge is 2.26. The highest BCUT2D eigenvalue weighted by Crippen LogP contribution is 2.22. The van der Waals surface area contributed by atoms with Gasteiger partial charge in [-0.25, -0.2) is 15.1 Å². The number of rotatable bonds is 6. The van der Waals surface area contributed by atoms with Crippen molar-refractivity contribution in [3.8, 4) is 0 Å². The number of aliphatic carboxylic acids is 1. The molecule has 7 heteroatoms. The lowest BCUT2D eigenvalue weighted by Gasteiger charge is -2.17. The first kappa shape index (κ1) is 13.7. The van der Waals surface area contributed by atoms with E-state index in [4.69, 9.17) is 9.84 Å². The van der Waals surface area contributed by atoms with Gasteiger partial charge < -0.3 is 15.2 Å². The van der Waals surface area contributed by atoms with Crippen molar-refractivity contribution in [2.75, 3.05) is 19.8 Å². The van der Waals surface area contributed by atoms with Crippen molar-refractivity contribution in [2.45, 2.75) is 25.9 Å². The first-order valence-corrected chi connectivity index (χ1v) is 5.62. The van der Waals surface area contributed by atoms with Gasteiger partial charge >= 0.3 is 12.0 Å². The number of hydrogen-bond acceptors (Lipinski definition) is 4. The topological polar surface area (TPSA) is 96.9 Å². The fourth-order valence-electron chi connectivity index (χ4n) is 1.80. The van der Waals surface area contributed by atoms with Crippen LogP contribution >= 0.6 is 0 Å². The van der Waals surface area contributed by atoms with Gasteiger partial charge in [0.2, 0.25) is 0 Å². The van der Waals surface area contributed by atoms with E-state index >= 15 is 0 Å². The Balaban J connectivity index is 2.12. The number of hydroxylamine groups is 1. The molecule has 17 heavy (non-hydrogen) atoms. The summed E-state index contributed by atoms with van der Waals surface area (Å²) in [5.41, 5.74) is 2.00. The number of hydrogen-bond donors (Lipinski definition) is 3. The summed E-state index contributed by atoms with van der Waals surface area (Å²) in [7, 11) is 0. The molecule has 0 spiro atoms. The highest BCUT2D eigenvalue weighted by molar-refractivity contribution is 5.73.